The molecule has 1 aliphatic heterocycles. The fourth-order valence-electron chi connectivity index (χ4n) is 1.10. The molecule has 0 bridgehead atoms. The maximum atomic E-state index is 11.3. The van der Waals surface area contributed by atoms with E-state index in [2.05, 4.69) is 4.98 Å². The van der Waals surface area contributed by atoms with Gasteiger partial charge in [0.05, 0.1) is 0 Å². The molecular weight excluding hydrogens is 184 g/mol. The second-order valence-electron chi connectivity index (χ2n) is 2.88. The van der Waals surface area contributed by atoms with Gasteiger partial charge in [-0.1, -0.05) is 0 Å². The Kier molecular flexibility index (Phi) is 2.40. The van der Waals surface area contributed by atoms with Crippen LogP contribution in [-0.2, 0) is 4.79 Å². The molecule has 0 aromatic carbocycles. The lowest BCUT2D eigenvalue weighted by Crippen LogP contribution is -2.40. The highest BCUT2D eigenvalue weighted by molar-refractivity contribution is 7.10. The van der Waals surface area contributed by atoms with Crippen LogP contribution in [0.3, 0.4) is 0 Å². The van der Waals surface area contributed by atoms with Gasteiger partial charge >= 0.3 is 0 Å². The van der Waals surface area contributed by atoms with Crippen molar-refractivity contribution in [1.29, 1.82) is 0 Å². The molecule has 4 heteroatoms. The van der Waals surface area contributed by atoms with Gasteiger partial charge in [0.2, 0.25) is 5.91 Å². The number of carbonyl (C=O) groups is 1. The summed E-state index contributed by atoms with van der Waals surface area (Å²) in [6.07, 6.45) is 6.23. The van der Waals surface area contributed by atoms with Gasteiger partial charge in [0.25, 0.3) is 0 Å². The van der Waals surface area contributed by atoms with Gasteiger partial charge < -0.3 is 4.90 Å². The Balaban J connectivity index is 1.93. The van der Waals surface area contributed by atoms with E-state index in [0.717, 1.165) is 24.5 Å². The van der Waals surface area contributed by atoms with E-state index in [1.54, 1.807) is 18.3 Å². The highest BCUT2D eigenvalue weighted by atomic mass is 32.1. The first-order valence-corrected chi connectivity index (χ1v) is 5.11. The van der Waals surface area contributed by atoms with Crippen molar-refractivity contribution in [2.24, 2.45) is 0 Å². The molecule has 1 fully saturated rings. The van der Waals surface area contributed by atoms with Gasteiger partial charge in [-0.05, 0) is 12.5 Å². The molecule has 0 aliphatic carbocycles. The van der Waals surface area contributed by atoms with Gasteiger partial charge in [-0.2, -0.15) is 0 Å². The van der Waals surface area contributed by atoms with E-state index in [9.17, 15) is 4.79 Å². The Hall–Kier alpha value is -1.16. The first-order valence-electron chi connectivity index (χ1n) is 4.23. The standard InChI is InChI=1S/C9H10N2OS/c12-9(11-5-1-6-11)3-2-8-10-4-7-13-8/h2-4,7H,1,5-6H2/b3-2+. The molecule has 2 heterocycles. The molecule has 68 valence electrons. The molecule has 13 heavy (non-hydrogen) atoms. The molecule has 1 aromatic heterocycles. The largest absolute Gasteiger partial charge is 0.339 e. The Morgan fingerprint density at radius 2 is 2.46 bits per heavy atom. The van der Waals surface area contributed by atoms with Crippen molar-refractivity contribution in [3.63, 3.8) is 0 Å². The third kappa shape index (κ3) is 1.95. The number of amides is 1. The molecule has 0 unspecified atom stereocenters. The van der Waals surface area contributed by atoms with E-state index < -0.39 is 0 Å². The Morgan fingerprint density at radius 3 is 3.00 bits per heavy atom. The molecule has 0 saturated carbocycles. The summed E-state index contributed by atoms with van der Waals surface area (Å²) in [6, 6.07) is 0. The van der Waals surface area contributed by atoms with E-state index in [0.29, 0.717) is 0 Å². The normalized spacial score (nSPS) is 16.2. The SMILES string of the molecule is O=C(/C=C/c1nccs1)N1CCC1. The van der Waals surface area contributed by atoms with Crippen LogP contribution in [0.15, 0.2) is 17.7 Å². The zero-order valence-electron chi connectivity index (χ0n) is 7.14. The topological polar surface area (TPSA) is 33.2 Å². The summed E-state index contributed by atoms with van der Waals surface area (Å²) in [7, 11) is 0. The van der Waals surface area contributed by atoms with Gasteiger partial charge in [0, 0.05) is 30.7 Å². The number of nitrogens with zero attached hydrogens (tertiary/aromatic N) is 2. The summed E-state index contributed by atoms with van der Waals surface area (Å²) in [6.45, 7) is 1.81. The number of hydrogen-bond acceptors (Lipinski definition) is 3. The third-order valence-corrected chi connectivity index (χ3v) is 2.73. The van der Waals surface area contributed by atoms with Crippen LogP contribution < -0.4 is 0 Å². The summed E-state index contributed by atoms with van der Waals surface area (Å²) < 4.78 is 0. The van der Waals surface area contributed by atoms with Crippen LogP contribution in [0.2, 0.25) is 0 Å². The predicted octanol–water partition coefficient (Wildman–Crippen LogP) is 1.39. The Morgan fingerprint density at radius 1 is 1.62 bits per heavy atom. The van der Waals surface area contributed by atoms with E-state index in [1.807, 2.05) is 10.3 Å². The summed E-state index contributed by atoms with van der Waals surface area (Å²) in [5.74, 6) is 0.0986. The van der Waals surface area contributed by atoms with Gasteiger partial charge in [0.15, 0.2) is 0 Å². The van der Waals surface area contributed by atoms with Crippen LogP contribution in [-0.4, -0.2) is 28.9 Å². The van der Waals surface area contributed by atoms with Crippen LogP contribution in [0.1, 0.15) is 11.4 Å². The molecule has 1 aliphatic rings. The van der Waals surface area contributed by atoms with Crippen molar-refractivity contribution in [2.75, 3.05) is 13.1 Å². The van der Waals surface area contributed by atoms with Crippen molar-refractivity contribution in [3.8, 4) is 0 Å². The Labute approximate surface area is 80.7 Å². The lowest BCUT2D eigenvalue weighted by atomic mass is 10.2. The summed E-state index contributed by atoms with van der Waals surface area (Å²) in [4.78, 5) is 17.2. The minimum atomic E-state index is 0.0986. The minimum absolute atomic E-state index is 0.0986. The second kappa shape index (κ2) is 3.70. The van der Waals surface area contributed by atoms with E-state index in [4.69, 9.17) is 0 Å². The van der Waals surface area contributed by atoms with Crippen molar-refractivity contribution in [2.45, 2.75) is 6.42 Å². The summed E-state index contributed by atoms with van der Waals surface area (Å²) >= 11 is 1.53. The number of aromatic nitrogens is 1. The van der Waals surface area contributed by atoms with Crippen molar-refractivity contribution in [1.82, 2.24) is 9.88 Å². The van der Waals surface area contributed by atoms with Crippen molar-refractivity contribution < 1.29 is 4.79 Å². The van der Waals surface area contributed by atoms with Gasteiger partial charge in [-0.25, -0.2) is 4.98 Å². The smallest absolute Gasteiger partial charge is 0.246 e. The quantitative estimate of drug-likeness (QED) is 0.666. The number of likely N-dealkylation sites (tertiary alicyclic amines) is 1. The van der Waals surface area contributed by atoms with Gasteiger partial charge in [-0.15, -0.1) is 11.3 Å². The Bertz CT molecular complexity index is 314. The molecule has 3 nitrogen and oxygen atoms in total. The molecular formula is C9H10N2OS. The monoisotopic (exact) mass is 194 g/mol. The zero-order valence-corrected chi connectivity index (χ0v) is 7.96. The van der Waals surface area contributed by atoms with Gasteiger partial charge in [0.1, 0.15) is 5.01 Å². The van der Waals surface area contributed by atoms with Gasteiger partial charge in [-0.3, -0.25) is 4.79 Å². The molecule has 1 amide bonds. The van der Waals surface area contributed by atoms with Crippen LogP contribution in [0.4, 0.5) is 0 Å². The van der Waals surface area contributed by atoms with E-state index in [1.165, 1.54) is 11.3 Å². The third-order valence-electron chi connectivity index (χ3n) is 1.99. The van der Waals surface area contributed by atoms with E-state index >= 15 is 0 Å². The van der Waals surface area contributed by atoms with Crippen LogP contribution >= 0.6 is 11.3 Å². The highest BCUT2D eigenvalue weighted by Gasteiger charge is 2.17. The average Bonchev–Trinajstić information content (AvgIpc) is 2.49. The minimum Gasteiger partial charge on any atom is -0.339 e. The van der Waals surface area contributed by atoms with Crippen molar-refractivity contribution >= 4 is 23.3 Å². The maximum absolute atomic E-state index is 11.3. The fourth-order valence-corrected chi connectivity index (χ4v) is 1.63. The van der Waals surface area contributed by atoms with Crippen LogP contribution in [0.5, 0.6) is 0 Å². The molecule has 1 saturated heterocycles. The van der Waals surface area contributed by atoms with Crippen LogP contribution in [0.25, 0.3) is 6.08 Å². The number of hydrogen-bond donors (Lipinski definition) is 0. The number of rotatable bonds is 2. The lowest BCUT2D eigenvalue weighted by molar-refractivity contribution is -0.129. The molecule has 2 rings (SSSR count). The molecule has 0 radical (unpaired) electrons. The fraction of sp³-hybridized carbons (Fsp3) is 0.333. The molecule has 1 aromatic rings. The zero-order chi connectivity index (χ0) is 9.10. The van der Waals surface area contributed by atoms with E-state index in [-0.39, 0.29) is 5.91 Å². The maximum Gasteiger partial charge on any atom is 0.246 e. The summed E-state index contributed by atoms with van der Waals surface area (Å²) in [5, 5.41) is 2.78. The lowest BCUT2D eigenvalue weighted by Gasteiger charge is -2.29. The number of carbonyl (C=O) groups excluding carboxylic acids is 1. The first kappa shape index (κ1) is 8.44. The average molecular weight is 194 g/mol. The molecule has 0 spiro atoms. The van der Waals surface area contributed by atoms with Crippen molar-refractivity contribution in [3.05, 3.63) is 22.7 Å². The molecule has 0 N–H and O–H groups in total. The van der Waals surface area contributed by atoms with Crippen LogP contribution in [0, 0.1) is 0 Å². The first-order chi connectivity index (χ1) is 6.36. The predicted molar refractivity (Wildman–Crippen MR) is 52.3 cm³/mol. The second-order valence-corrected chi connectivity index (χ2v) is 3.81. The number of thiazole rings is 1. The summed E-state index contributed by atoms with van der Waals surface area (Å²) in [5.41, 5.74) is 0. The molecule has 0 atom stereocenters. The highest BCUT2D eigenvalue weighted by Crippen LogP contribution is 2.09.